The Balaban J connectivity index is 2.34. The average Bonchev–Trinajstić information content (AvgIpc) is 2.55. The molecule has 0 aliphatic heterocycles. The van der Waals surface area contributed by atoms with Crippen molar-refractivity contribution in [3.8, 4) is 5.69 Å². The highest BCUT2D eigenvalue weighted by Crippen LogP contribution is 2.17. The Hall–Kier alpha value is -3.33. The molecule has 25 heavy (non-hydrogen) atoms. The van der Waals surface area contributed by atoms with Gasteiger partial charge in [-0.1, -0.05) is 0 Å². The molecule has 8 nitrogen and oxygen atoms in total. The van der Waals surface area contributed by atoms with E-state index in [4.69, 9.17) is 0 Å². The third-order valence-electron chi connectivity index (χ3n) is 3.40. The van der Waals surface area contributed by atoms with Gasteiger partial charge in [0.15, 0.2) is 5.65 Å². The Morgan fingerprint density at radius 3 is 2.56 bits per heavy atom. The van der Waals surface area contributed by atoms with E-state index in [1.807, 2.05) is 0 Å². The fourth-order valence-electron chi connectivity index (χ4n) is 2.32. The molecule has 2 aromatic heterocycles. The molecule has 0 amide bonds. The summed E-state index contributed by atoms with van der Waals surface area (Å²) in [4.78, 5) is 32.1. The number of pyridine rings is 1. The van der Waals surface area contributed by atoms with Crippen LogP contribution in [0, 0.1) is 5.82 Å². The van der Waals surface area contributed by atoms with Crippen LogP contribution in [-0.4, -0.2) is 44.7 Å². The van der Waals surface area contributed by atoms with Gasteiger partial charge in [-0.2, -0.15) is 4.98 Å². The fourth-order valence-corrected chi connectivity index (χ4v) is 2.32. The van der Waals surface area contributed by atoms with Crippen molar-refractivity contribution in [1.82, 2.24) is 19.5 Å². The molecule has 0 fully saturated rings. The number of carboxylic acid groups (broad SMARTS) is 1. The van der Waals surface area contributed by atoms with Gasteiger partial charge in [-0.25, -0.2) is 19.2 Å². The molecule has 9 heteroatoms. The van der Waals surface area contributed by atoms with Gasteiger partial charge in [0.05, 0.1) is 5.39 Å². The van der Waals surface area contributed by atoms with E-state index in [-0.39, 0.29) is 17.0 Å². The molecule has 0 saturated heterocycles. The maximum absolute atomic E-state index is 13.2. The van der Waals surface area contributed by atoms with Crippen molar-refractivity contribution < 1.29 is 14.3 Å². The summed E-state index contributed by atoms with van der Waals surface area (Å²) >= 11 is 0. The van der Waals surface area contributed by atoms with Crippen molar-refractivity contribution in [2.24, 2.45) is 0 Å². The zero-order valence-electron chi connectivity index (χ0n) is 13.4. The van der Waals surface area contributed by atoms with Crippen molar-refractivity contribution in [2.45, 2.75) is 0 Å². The lowest BCUT2D eigenvalue weighted by Crippen LogP contribution is -2.23. The van der Waals surface area contributed by atoms with Gasteiger partial charge in [-0.3, -0.25) is 10.2 Å². The Morgan fingerprint density at radius 2 is 1.96 bits per heavy atom. The number of carboxylic acids is 1. The van der Waals surface area contributed by atoms with Crippen molar-refractivity contribution in [1.29, 1.82) is 0 Å². The molecule has 0 unspecified atom stereocenters. The van der Waals surface area contributed by atoms with Crippen molar-refractivity contribution in [3.63, 3.8) is 0 Å². The predicted molar refractivity (Wildman–Crippen MR) is 89.4 cm³/mol. The summed E-state index contributed by atoms with van der Waals surface area (Å²) in [5.74, 6) is -1.56. The van der Waals surface area contributed by atoms with Crippen molar-refractivity contribution in [2.75, 3.05) is 19.5 Å². The van der Waals surface area contributed by atoms with Gasteiger partial charge < -0.3 is 9.67 Å². The number of hydrazine groups is 1. The van der Waals surface area contributed by atoms with Crippen LogP contribution < -0.4 is 10.9 Å². The van der Waals surface area contributed by atoms with Crippen LogP contribution in [0.25, 0.3) is 16.7 Å². The van der Waals surface area contributed by atoms with Crippen LogP contribution in [0.4, 0.5) is 10.3 Å². The summed E-state index contributed by atoms with van der Waals surface area (Å²) in [6.07, 6.45) is 2.44. The molecule has 0 atom stereocenters. The minimum atomic E-state index is -1.36. The molecular formula is C16H14FN5O3. The number of nitrogens with zero attached hydrogens (tertiary/aromatic N) is 4. The topological polar surface area (TPSA) is 100 Å². The maximum Gasteiger partial charge on any atom is 0.341 e. The SMILES string of the molecule is CN(C)Nc1ncc2c(=O)c(C(=O)O)cn(-c3ccc(F)cc3)c2n1. The van der Waals surface area contributed by atoms with E-state index in [2.05, 4.69) is 15.4 Å². The monoisotopic (exact) mass is 343 g/mol. The van der Waals surface area contributed by atoms with Crippen molar-refractivity contribution >= 4 is 23.0 Å². The first-order chi connectivity index (χ1) is 11.9. The smallest absolute Gasteiger partial charge is 0.341 e. The van der Waals surface area contributed by atoms with Crippen LogP contribution in [0.15, 0.2) is 41.5 Å². The van der Waals surface area contributed by atoms with Crippen LogP contribution in [0.3, 0.4) is 0 Å². The summed E-state index contributed by atoms with van der Waals surface area (Å²) in [6.45, 7) is 0. The minimum Gasteiger partial charge on any atom is -0.477 e. The largest absolute Gasteiger partial charge is 0.477 e. The Kier molecular flexibility index (Phi) is 4.15. The number of halogens is 1. The third-order valence-corrected chi connectivity index (χ3v) is 3.40. The third kappa shape index (κ3) is 3.17. The van der Waals surface area contributed by atoms with Crippen LogP contribution in [0.1, 0.15) is 10.4 Å². The van der Waals surface area contributed by atoms with E-state index in [0.717, 1.165) is 0 Å². The van der Waals surface area contributed by atoms with Gasteiger partial charge in [-0.15, -0.1) is 0 Å². The molecule has 3 rings (SSSR count). The van der Waals surface area contributed by atoms with Gasteiger partial charge in [0, 0.05) is 32.2 Å². The van der Waals surface area contributed by atoms with E-state index in [1.54, 1.807) is 19.1 Å². The van der Waals surface area contributed by atoms with E-state index >= 15 is 0 Å². The molecule has 0 bridgehead atoms. The molecule has 0 aliphatic rings. The number of carbonyl (C=O) groups is 1. The molecule has 0 aliphatic carbocycles. The zero-order valence-corrected chi connectivity index (χ0v) is 13.4. The normalized spacial score (nSPS) is 11.0. The molecule has 1 aromatic carbocycles. The standard InChI is InChI=1S/C16H14FN5O3/c1-21(2)20-16-18-7-11-13(23)12(15(24)25)8-22(14(11)19-16)10-5-3-9(17)4-6-10/h3-8H,1-2H3,(H,24,25)(H,18,19,20). The lowest BCUT2D eigenvalue weighted by atomic mass is 10.2. The molecular weight excluding hydrogens is 329 g/mol. The highest BCUT2D eigenvalue weighted by molar-refractivity contribution is 5.92. The number of hydrogen-bond acceptors (Lipinski definition) is 6. The number of rotatable bonds is 4. The second kappa shape index (κ2) is 6.29. The summed E-state index contributed by atoms with van der Waals surface area (Å²) in [5, 5.41) is 10.9. The first kappa shape index (κ1) is 16.5. The maximum atomic E-state index is 13.2. The Labute approximate surface area is 141 Å². The van der Waals surface area contributed by atoms with E-state index < -0.39 is 22.8 Å². The lowest BCUT2D eigenvalue weighted by molar-refractivity contribution is 0.0695. The van der Waals surface area contributed by atoms with Gasteiger partial charge in [0.2, 0.25) is 11.4 Å². The van der Waals surface area contributed by atoms with Crippen LogP contribution >= 0.6 is 0 Å². The average molecular weight is 343 g/mol. The van der Waals surface area contributed by atoms with Crippen LogP contribution in [0.2, 0.25) is 0 Å². The van der Waals surface area contributed by atoms with Gasteiger partial charge >= 0.3 is 5.97 Å². The van der Waals surface area contributed by atoms with Gasteiger partial charge in [0.1, 0.15) is 11.4 Å². The second-order valence-corrected chi connectivity index (χ2v) is 5.46. The summed E-state index contributed by atoms with van der Waals surface area (Å²) in [5.41, 5.74) is 2.43. The number of aromatic carboxylic acids is 1. The van der Waals surface area contributed by atoms with E-state index in [1.165, 1.54) is 41.2 Å². The van der Waals surface area contributed by atoms with Gasteiger partial charge in [-0.05, 0) is 24.3 Å². The molecule has 2 heterocycles. The highest BCUT2D eigenvalue weighted by atomic mass is 19.1. The van der Waals surface area contributed by atoms with E-state index in [0.29, 0.717) is 5.69 Å². The lowest BCUT2D eigenvalue weighted by Gasteiger charge is -2.15. The first-order valence-corrected chi connectivity index (χ1v) is 7.22. The molecule has 0 radical (unpaired) electrons. The van der Waals surface area contributed by atoms with Crippen LogP contribution in [0.5, 0.6) is 0 Å². The first-order valence-electron chi connectivity index (χ1n) is 7.22. The summed E-state index contributed by atoms with van der Waals surface area (Å²) < 4.78 is 14.6. The second-order valence-electron chi connectivity index (χ2n) is 5.46. The number of hydrogen-bond donors (Lipinski definition) is 2. The molecule has 0 saturated carbocycles. The predicted octanol–water partition coefficient (Wildman–Crippen LogP) is 1.51. The molecule has 0 spiro atoms. The summed E-state index contributed by atoms with van der Waals surface area (Å²) in [7, 11) is 3.49. The van der Waals surface area contributed by atoms with Crippen molar-refractivity contribution in [3.05, 3.63) is 58.3 Å². The molecule has 3 aromatic rings. The molecule has 128 valence electrons. The van der Waals surface area contributed by atoms with Crippen LogP contribution in [-0.2, 0) is 0 Å². The fraction of sp³-hybridized carbons (Fsp3) is 0.125. The number of nitrogens with one attached hydrogen (secondary N) is 1. The summed E-state index contributed by atoms with van der Waals surface area (Å²) in [6, 6.07) is 5.40. The minimum absolute atomic E-state index is 0.0496. The number of anilines is 1. The highest BCUT2D eigenvalue weighted by Gasteiger charge is 2.17. The quantitative estimate of drug-likeness (QED) is 0.693. The number of aromatic nitrogens is 3. The number of benzene rings is 1. The molecule has 2 N–H and O–H groups in total. The number of fused-ring (bicyclic) bond motifs is 1. The Morgan fingerprint density at radius 1 is 1.28 bits per heavy atom. The Bertz CT molecular complexity index is 1010. The zero-order chi connectivity index (χ0) is 18.1. The van der Waals surface area contributed by atoms with E-state index in [9.17, 15) is 19.1 Å². The van der Waals surface area contributed by atoms with Gasteiger partial charge in [0.25, 0.3) is 0 Å².